The van der Waals surface area contributed by atoms with E-state index in [-0.39, 0.29) is 18.2 Å². The maximum atomic E-state index is 13.5. The average Bonchev–Trinajstić information content (AvgIpc) is 3.15. The number of carbonyl (C=O) groups excluding carboxylic acids is 2. The SMILES string of the molecule is COc1ccc(CCN2C(=S)N(CCc3ccccc3)C(=O)C2CC(=O)Nc2ccc(Br)cc2)cc1OC. The fraction of sp³-hybridized carbons (Fsp3) is 0.276. The Morgan fingerprint density at radius 3 is 2.29 bits per heavy atom. The van der Waals surface area contributed by atoms with E-state index < -0.39 is 6.04 Å². The highest BCUT2D eigenvalue weighted by Gasteiger charge is 2.42. The van der Waals surface area contributed by atoms with E-state index in [0.717, 1.165) is 15.6 Å². The number of ether oxygens (including phenoxy) is 2. The molecule has 1 aliphatic heterocycles. The second-order valence-electron chi connectivity index (χ2n) is 8.92. The Balaban J connectivity index is 1.50. The third kappa shape index (κ3) is 6.71. The summed E-state index contributed by atoms with van der Waals surface area (Å²) in [7, 11) is 3.19. The number of halogens is 1. The molecule has 0 bridgehead atoms. The summed E-state index contributed by atoms with van der Waals surface area (Å²) in [5, 5.41) is 3.35. The van der Waals surface area contributed by atoms with Gasteiger partial charge in [0.1, 0.15) is 6.04 Å². The van der Waals surface area contributed by atoms with Crippen LogP contribution >= 0.6 is 28.1 Å². The summed E-state index contributed by atoms with van der Waals surface area (Å²) in [4.78, 5) is 30.0. The van der Waals surface area contributed by atoms with Crippen LogP contribution in [0.4, 0.5) is 5.69 Å². The van der Waals surface area contributed by atoms with Crippen molar-refractivity contribution in [3.8, 4) is 11.5 Å². The summed E-state index contributed by atoms with van der Waals surface area (Å²) in [6.07, 6.45) is 1.29. The maximum Gasteiger partial charge on any atom is 0.252 e. The lowest BCUT2D eigenvalue weighted by Crippen LogP contribution is -2.39. The van der Waals surface area contributed by atoms with Crippen LogP contribution in [-0.2, 0) is 22.4 Å². The van der Waals surface area contributed by atoms with E-state index in [4.69, 9.17) is 21.7 Å². The highest BCUT2D eigenvalue weighted by atomic mass is 79.9. The molecule has 1 unspecified atom stereocenters. The van der Waals surface area contributed by atoms with Crippen LogP contribution in [0, 0.1) is 0 Å². The van der Waals surface area contributed by atoms with Crippen molar-refractivity contribution in [2.75, 3.05) is 32.6 Å². The van der Waals surface area contributed by atoms with Crippen molar-refractivity contribution in [3.05, 3.63) is 88.4 Å². The van der Waals surface area contributed by atoms with E-state index in [1.165, 1.54) is 0 Å². The van der Waals surface area contributed by atoms with Crippen molar-refractivity contribution in [3.63, 3.8) is 0 Å². The summed E-state index contributed by atoms with van der Waals surface area (Å²) in [5.74, 6) is 0.899. The van der Waals surface area contributed by atoms with E-state index in [0.29, 0.717) is 48.2 Å². The Morgan fingerprint density at radius 1 is 0.921 bits per heavy atom. The maximum absolute atomic E-state index is 13.5. The second kappa shape index (κ2) is 12.9. The number of methoxy groups -OCH3 is 2. The first-order valence-corrected chi connectivity index (χ1v) is 13.5. The lowest BCUT2D eigenvalue weighted by Gasteiger charge is -2.24. The molecule has 1 aliphatic rings. The minimum Gasteiger partial charge on any atom is -0.493 e. The number of hydrogen-bond acceptors (Lipinski definition) is 5. The molecule has 1 heterocycles. The second-order valence-corrected chi connectivity index (χ2v) is 10.2. The van der Waals surface area contributed by atoms with Crippen molar-refractivity contribution in [1.29, 1.82) is 0 Å². The third-order valence-electron chi connectivity index (χ3n) is 6.47. The molecule has 7 nitrogen and oxygen atoms in total. The van der Waals surface area contributed by atoms with Crippen LogP contribution in [0.15, 0.2) is 77.3 Å². The molecule has 0 radical (unpaired) electrons. The Hall–Kier alpha value is -3.43. The monoisotopic (exact) mass is 595 g/mol. The lowest BCUT2D eigenvalue weighted by molar-refractivity contribution is -0.130. The van der Waals surface area contributed by atoms with E-state index in [2.05, 4.69) is 21.2 Å². The zero-order valence-electron chi connectivity index (χ0n) is 21.4. The zero-order chi connectivity index (χ0) is 27.1. The predicted octanol–water partition coefficient (Wildman–Crippen LogP) is 5.08. The fourth-order valence-electron chi connectivity index (χ4n) is 4.44. The number of hydrogen-bond donors (Lipinski definition) is 1. The molecule has 4 rings (SSSR count). The van der Waals surface area contributed by atoms with Gasteiger partial charge in [0.05, 0.1) is 20.6 Å². The number of benzene rings is 3. The molecule has 9 heteroatoms. The van der Waals surface area contributed by atoms with Crippen LogP contribution < -0.4 is 14.8 Å². The van der Waals surface area contributed by atoms with E-state index in [1.807, 2.05) is 77.7 Å². The van der Waals surface area contributed by atoms with Crippen LogP contribution in [-0.4, -0.2) is 60.1 Å². The van der Waals surface area contributed by atoms with Crippen molar-refractivity contribution < 1.29 is 19.1 Å². The van der Waals surface area contributed by atoms with Crippen LogP contribution in [0.25, 0.3) is 0 Å². The molecule has 3 aromatic rings. The molecule has 3 aromatic carbocycles. The summed E-state index contributed by atoms with van der Waals surface area (Å²) in [6, 6.07) is 22.4. The highest BCUT2D eigenvalue weighted by Crippen LogP contribution is 2.29. The summed E-state index contributed by atoms with van der Waals surface area (Å²) >= 11 is 9.18. The molecule has 2 amide bonds. The first-order valence-electron chi connectivity index (χ1n) is 12.3. The predicted molar refractivity (Wildman–Crippen MR) is 156 cm³/mol. The number of nitrogens with zero attached hydrogens (tertiary/aromatic N) is 2. The largest absolute Gasteiger partial charge is 0.493 e. The van der Waals surface area contributed by atoms with Gasteiger partial charge in [-0.05, 0) is 72.6 Å². The summed E-state index contributed by atoms with van der Waals surface area (Å²) in [5.41, 5.74) is 2.80. The van der Waals surface area contributed by atoms with Gasteiger partial charge in [0.25, 0.3) is 5.91 Å². The highest BCUT2D eigenvalue weighted by molar-refractivity contribution is 9.10. The summed E-state index contributed by atoms with van der Waals surface area (Å²) in [6.45, 7) is 0.942. The van der Waals surface area contributed by atoms with E-state index in [9.17, 15) is 9.59 Å². The number of nitrogens with one attached hydrogen (secondary N) is 1. The van der Waals surface area contributed by atoms with Gasteiger partial charge < -0.3 is 19.7 Å². The minimum absolute atomic E-state index is 0.00279. The van der Waals surface area contributed by atoms with Crippen LogP contribution in [0.3, 0.4) is 0 Å². The fourth-order valence-corrected chi connectivity index (χ4v) is 5.11. The van der Waals surface area contributed by atoms with E-state index in [1.54, 1.807) is 19.1 Å². The number of thiocarbonyl (C=S) groups is 1. The first-order chi connectivity index (χ1) is 18.4. The first kappa shape index (κ1) is 27.6. The van der Waals surface area contributed by atoms with Gasteiger partial charge in [-0.1, -0.05) is 52.3 Å². The third-order valence-corrected chi connectivity index (χ3v) is 7.45. The molecule has 38 heavy (non-hydrogen) atoms. The molecule has 0 aliphatic carbocycles. The molecule has 198 valence electrons. The molecule has 1 N–H and O–H groups in total. The molecule has 1 atom stereocenters. The Bertz CT molecular complexity index is 1290. The van der Waals surface area contributed by atoms with Gasteiger partial charge in [0.2, 0.25) is 5.91 Å². The smallest absolute Gasteiger partial charge is 0.252 e. The van der Waals surface area contributed by atoms with Crippen LogP contribution in [0.2, 0.25) is 0 Å². The van der Waals surface area contributed by atoms with Gasteiger partial charge in [-0.15, -0.1) is 0 Å². The number of carbonyl (C=O) groups is 2. The van der Waals surface area contributed by atoms with Crippen molar-refractivity contribution in [1.82, 2.24) is 9.80 Å². The van der Waals surface area contributed by atoms with Crippen molar-refractivity contribution >= 4 is 50.8 Å². The molecule has 1 saturated heterocycles. The zero-order valence-corrected chi connectivity index (χ0v) is 23.8. The Morgan fingerprint density at radius 2 is 1.61 bits per heavy atom. The van der Waals surface area contributed by atoms with Crippen LogP contribution in [0.1, 0.15) is 17.5 Å². The van der Waals surface area contributed by atoms with Gasteiger partial charge in [-0.2, -0.15) is 0 Å². The van der Waals surface area contributed by atoms with Gasteiger partial charge in [0.15, 0.2) is 16.6 Å². The van der Waals surface area contributed by atoms with Gasteiger partial charge in [0, 0.05) is 23.2 Å². The number of rotatable bonds is 11. The molecule has 0 spiro atoms. The Labute approximate surface area is 236 Å². The minimum atomic E-state index is -0.672. The average molecular weight is 597 g/mol. The number of amides is 2. The molecule has 0 saturated carbocycles. The Kier molecular flexibility index (Phi) is 9.36. The van der Waals surface area contributed by atoms with Gasteiger partial charge in [-0.3, -0.25) is 14.5 Å². The topological polar surface area (TPSA) is 71.1 Å². The molecular weight excluding hydrogens is 566 g/mol. The van der Waals surface area contributed by atoms with Gasteiger partial charge >= 0.3 is 0 Å². The molecule has 0 aromatic heterocycles. The van der Waals surface area contributed by atoms with E-state index >= 15 is 0 Å². The normalized spacial score (nSPS) is 15.1. The quantitative estimate of drug-likeness (QED) is 0.312. The number of anilines is 1. The van der Waals surface area contributed by atoms with Crippen molar-refractivity contribution in [2.45, 2.75) is 25.3 Å². The lowest BCUT2D eigenvalue weighted by atomic mass is 10.1. The molecular formula is C29H30BrN3O4S. The van der Waals surface area contributed by atoms with Gasteiger partial charge in [-0.25, -0.2) is 0 Å². The van der Waals surface area contributed by atoms with Crippen molar-refractivity contribution in [2.24, 2.45) is 0 Å². The van der Waals surface area contributed by atoms with Crippen LogP contribution in [0.5, 0.6) is 11.5 Å². The summed E-state index contributed by atoms with van der Waals surface area (Å²) < 4.78 is 11.7. The molecule has 1 fully saturated rings. The standard InChI is InChI=1S/C29H30BrN3O4S/c1-36-25-13-8-21(18-26(25)37-2)15-16-32-24(19-27(34)31-23-11-9-22(30)10-12-23)28(35)33(29(32)38)17-14-20-6-4-3-5-7-20/h3-13,18,24H,14-17,19H2,1-2H3,(H,31,34).